The van der Waals surface area contributed by atoms with Crippen molar-refractivity contribution in [1.29, 1.82) is 5.41 Å². The molecule has 0 heterocycles. The quantitative estimate of drug-likeness (QED) is 0.293. The van der Waals surface area contributed by atoms with Crippen molar-refractivity contribution in [2.24, 2.45) is 10.9 Å². The lowest BCUT2D eigenvalue weighted by atomic mass is 10.3. The first kappa shape index (κ1) is 6.14. The molecular weight excluding hydrogens is 90.1 g/mol. The first-order valence-corrected chi connectivity index (χ1v) is 2.12. The molecule has 0 aliphatic rings. The number of nitrogens with two attached hydrogens (primary N) is 1. The van der Waals surface area contributed by atoms with Gasteiger partial charge in [0.05, 0.1) is 5.71 Å². The summed E-state index contributed by atoms with van der Waals surface area (Å²) in [4.78, 5) is 0. The molecule has 0 radical (unpaired) electrons. The minimum atomic E-state index is 0.625. The summed E-state index contributed by atoms with van der Waals surface area (Å²) in [6, 6.07) is 0. The second-order valence-corrected chi connectivity index (χ2v) is 1.12. The lowest BCUT2D eigenvalue weighted by Gasteiger charge is -1.84. The normalized spacial score (nSPS) is 11.3. The SMILES string of the molecule is CCC(C=N)=NN. The Hall–Kier alpha value is -0.860. The standard InChI is InChI=1S/C4H9N3/c1-2-4(3-5)7-6/h3,5H,2,6H2,1H3. The Bertz CT molecular complexity index is 84.9. The molecule has 3 heteroatoms. The van der Waals surface area contributed by atoms with Gasteiger partial charge in [0.25, 0.3) is 0 Å². The van der Waals surface area contributed by atoms with Crippen molar-refractivity contribution in [2.45, 2.75) is 13.3 Å². The maximum Gasteiger partial charge on any atom is 0.0772 e. The molecule has 0 fully saturated rings. The fourth-order valence-electron chi connectivity index (χ4n) is 0.231. The fourth-order valence-corrected chi connectivity index (χ4v) is 0.231. The monoisotopic (exact) mass is 99.1 g/mol. The van der Waals surface area contributed by atoms with Gasteiger partial charge in [-0.3, -0.25) is 0 Å². The average Bonchev–Trinajstić information content (AvgIpc) is 1.72. The van der Waals surface area contributed by atoms with Crippen molar-refractivity contribution in [3.05, 3.63) is 0 Å². The zero-order chi connectivity index (χ0) is 5.70. The molecule has 0 saturated heterocycles. The van der Waals surface area contributed by atoms with E-state index in [9.17, 15) is 0 Å². The Morgan fingerprint density at radius 2 is 2.57 bits per heavy atom. The summed E-state index contributed by atoms with van der Waals surface area (Å²) in [7, 11) is 0. The van der Waals surface area contributed by atoms with Gasteiger partial charge in [0.15, 0.2) is 0 Å². The van der Waals surface area contributed by atoms with Crippen LogP contribution in [0.3, 0.4) is 0 Å². The van der Waals surface area contributed by atoms with Gasteiger partial charge in [0.1, 0.15) is 0 Å². The molecule has 0 amide bonds. The summed E-state index contributed by atoms with van der Waals surface area (Å²) < 4.78 is 0. The van der Waals surface area contributed by atoms with Gasteiger partial charge in [0, 0.05) is 6.21 Å². The molecule has 3 nitrogen and oxygen atoms in total. The zero-order valence-corrected chi connectivity index (χ0v) is 4.31. The lowest BCUT2D eigenvalue weighted by Crippen LogP contribution is -1.99. The highest BCUT2D eigenvalue weighted by molar-refractivity contribution is 6.29. The highest BCUT2D eigenvalue weighted by atomic mass is 15.1. The molecule has 0 saturated carbocycles. The van der Waals surface area contributed by atoms with Crippen molar-refractivity contribution in [2.75, 3.05) is 0 Å². The van der Waals surface area contributed by atoms with E-state index < -0.39 is 0 Å². The second-order valence-electron chi connectivity index (χ2n) is 1.12. The molecule has 0 aromatic heterocycles. The molecule has 0 aromatic carbocycles. The summed E-state index contributed by atoms with van der Waals surface area (Å²) in [6.45, 7) is 1.90. The topological polar surface area (TPSA) is 62.2 Å². The lowest BCUT2D eigenvalue weighted by molar-refractivity contribution is 1.19. The smallest absolute Gasteiger partial charge is 0.0772 e. The molecule has 0 aliphatic heterocycles. The van der Waals surface area contributed by atoms with Gasteiger partial charge in [0.2, 0.25) is 0 Å². The van der Waals surface area contributed by atoms with E-state index in [1.807, 2.05) is 6.92 Å². The molecule has 0 aliphatic carbocycles. The van der Waals surface area contributed by atoms with Crippen LogP contribution in [0.25, 0.3) is 0 Å². The van der Waals surface area contributed by atoms with Crippen LogP contribution in [0.1, 0.15) is 13.3 Å². The summed E-state index contributed by atoms with van der Waals surface area (Å²) in [6.07, 6.45) is 1.89. The Labute approximate surface area is 42.7 Å². The third kappa shape index (κ3) is 1.92. The van der Waals surface area contributed by atoms with E-state index in [-0.39, 0.29) is 0 Å². The predicted octanol–water partition coefficient (Wildman–Crippen LogP) is 0.361. The Balaban J connectivity index is 3.60. The minimum Gasteiger partial charge on any atom is -0.323 e. The van der Waals surface area contributed by atoms with Gasteiger partial charge in [-0.1, -0.05) is 6.92 Å². The van der Waals surface area contributed by atoms with Gasteiger partial charge < -0.3 is 11.3 Å². The van der Waals surface area contributed by atoms with Crippen molar-refractivity contribution in [1.82, 2.24) is 0 Å². The zero-order valence-electron chi connectivity index (χ0n) is 4.31. The summed E-state index contributed by atoms with van der Waals surface area (Å²) in [5.41, 5.74) is 0.625. The second kappa shape index (κ2) is 3.33. The summed E-state index contributed by atoms with van der Waals surface area (Å²) >= 11 is 0. The van der Waals surface area contributed by atoms with Crippen LogP contribution in [0.4, 0.5) is 0 Å². The van der Waals surface area contributed by atoms with Gasteiger partial charge in [-0.15, -0.1) is 0 Å². The predicted molar refractivity (Wildman–Crippen MR) is 30.7 cm³/mol. The Morgan fingerprint density at radius 1 is 2.00 bits per heavy atom. The van der Waals surface area contributed by atoms with Crippen molar-refractivity contribution in [3.8, 4) is 0 Å². The van der Waals surface area contributed by atoms with Gasteiger partial charge >= 0.3 is 0 Å². The van der Waals surface area contributed by atoms with Crippen LogP contribution in [0.5, 0.6) is 0 Å². The third-order valence-corrected chi connectivity index (χ3v) is 0.695. The first-order chi connectivity index (χ1) is 3.35. The van der Waals surface area contributed by atoms with Crippen LogP contribution in [0, 0.1) is 5.41 Å². The molecule has 0 unspecified atom stereocenters. The van der Waals surface area contributed by atoms with E-state index in [1.165, 1.54) is 0 Å². The number of nitrogens with one attached hydrogen (secondary N) is 1. The fraction of sp³-hybridized carbons (Fsp3) is 0.500. The Morgan fingerprint density at radius 3 is 2.57 bits per heavy atom. The number of nitrogens with zero attached hydrogens (tertiary/aromatic N) is 1. The maximum absolute atomic E-state index is 6.62. The maximum atomic E-state index is 6.62. The van der Waals surface area contributed by atoms with Gasteiger partial charge in [-0.25, -0.2) is 0 Å². The van der Waals surface area contributed by atoms with E-state index in [1.54, 1.807) is 0 Å². The summed E-state index contributed by atoms with van der Waals surface area (Å²) in [5.74, 6) is 4.83. The van der Waals surface area contributed by atoms with Crippen molar-refractivity contribution < 1.29 is 0 Å². The minimum absolute atomic E-state index is 0.625. The number of hydrogen-bond acceptors (Lipinski definition) is 3. The van der Waals surface area contributed by atoms with Crippen LogP contribution in [0.2, 0.25) is 0 Å². The van der Waals surface area contributed by atoms with Crippen molar-refractivity contribution in [3.63, 3.8) is 0 Å². The molecule has 40 valence electrons. The number of hydrogen-bond donors (Lipinski definition) is 2. The van der Waals surface area contributed by atoms with Crippen LogP contribution in [0.15, 0.2) is 5.10 Å². The third-order valence-electron chi connectivity index (χ3n) is 0.695. The molecule has 7 heavy (non-hydrogen) atoms. The molecule has 0 aromatic rings. The molecule has 0 rings (SSSR count). The molecule has 0 bridgehead atoms. The van der Waals surface area contributed by atoms with E-state index in [0.29, 0.717) is 5.71 Å². The van der Waals surface area contributed by atoms with Crippen LogP contribution in [-0.2, 0) is 0 Å². The van der Waals surface area contributed by atoms with Crippen molar-refractivity contribution >= 4 is 11.9 Å². The molecule has 0 atom stereocenters. The Kier molecular flexibility index (Phi) is 2.92. The molecule has 0 spiro atoms. The average molecular weight is 99.1 g/mol. The van der Waals surface area contributed by atoms with Crippen LogP contribution >= 0.6 is 0 Å². The number of hydrazone groups is 1. The van der Waals surface area contributed by atoms with E-state index in [2.05, 4.69) is 5.10 Å². The highest BCUT2D eigenvalue weighted by Gasteiger charge is 1.82. The van der Waals surface area contributed by atoms with Crippen LogP contribution in [-0.4, -0.2) is 11.9 Å². The van der Waals surface area contributed by atoms with Gasteiger partial charge in [-0.2, -0.15) is 5.10 Å². The summed E-state index contributed by atoms with van der Waals surface area (Å²) in [5, 5.41) is 9.92. The largest absolute Gasteiger partial charge is 0.323 e. The number of rotatable bonds is 2. The molecule has 3 N–H and O–H groups in total. The van der Waals surface area contributed by atoms with E-state index in [0.717, 1.165) is 12.6 Å². The van der Waals surface area contributed by atoms with Gasteiger partial charge in [-0.05, 0) is 6.42 Å². The van der Waals surface area contributed by atoms with Crippen LogP contribution < -0.4 is 5.84 Å². The van der Waals surface area contributed by atoms with E-state index in [4.69, 9.17) is 11.3 Å². The highest BCUT2D eigenvalue weighted by Crippen LogP contribution is 1.75. The molecular formula is C4H9N3. The first-order valence-electron chi connectivity index (χ1n) is 2.12. The van der Waals surface area contributed by atoms with E-state index >= 15 is 0 Å².